The molecule has 2 nitrogen and oxygen atoms in total. The summed E-state index contributed by atoms with van der Waals surface area (Å²) in [6.07, 6.45) is 5.57. The molecule has 0 saturated heterocycles. The topological polar surface area (TPSA) is 21.3 Å². The Hall–Kier alpha value is -1.02. The Balaban J connectivity index is 2.06. The van der Waals surface area contributed by atoms with E-state index < -0.39 is 0 Å². The van der Waals surface area contributed by atoms with Crippen LogP contribution < -0.4 is 10.1 Å². The smallest absolute Gasteiger partial charge is 0.124 e. The first-order chi connectivity index (χ1) is 9.61. The van der Waals surface area contributed by atoms with E-state index in [1.165, 1.54) is 31.2 Å². The standard InChI is InChI=1S/C18H29NO/c1-5-15-9-8-11-17(15)19-14(4)16-10-6-7-12-18(16)20-13(2)3/h6-7,10,12-15,17,19H,5,8-9,11H2,1-4H3. The number of ether oxygens (including phenoxy) is 1. The minimum atomic E-state index is 0.221. The van der Waals surface area contributed by atoms with Crippen molar-refractivity contribution in [2.45, 2.75) is 71.6 Å². The first-order valence-corrected chi connectivity index (χ1v) is 8.13. The van der Waals surface area contributed by atoms with Crippen LogP contribution >= 0.6 is 0 Å². The Labute approximate surface area is 123 Å². The van der Waals surface area contributed by atoms with Crippen molar-refractivity contribution in [3.8, 4) is 5.75 Å². The first-order valence-electron chi connectivity index (χ1n) is 8.13. The van der Waals surface area contributed by atoms with Gasteiger partial charge in [0.25, 0.3) is 0 Å². The van der Waals surface area contributed by atoms with Gasteiger partial charge in [-0.15, -0.1) is 0 Å². The molecule has 1 aromatic carbocycles. The Kier molecular flexibility index (Phi) is 5.47. The second kappa shape index (κ2) is 7.12. The second-order valence-corrected chi connectivity index (χ2v) is 6.30. The third-order valence-electron chi connectivity index (χ3n) is 4.40. The maximum absolute atomic E-state index is 5.94. The van der Waals surface area contributed by atoms with Crippen LogP contribution in [0.4, 0.5) is 0 Å². The van der Waals surface area contributed by atoms with E-state index in [4.69, 9.17) is 4.74 Å². The molecule has 1 fully saturated rings. The summed E-state index contributed by atoms with van der Waals surface area (Å²) < 4.78 is 5.94. The Morgan fingerprint density at radius 1 is 1.20 bits per heavy atom. The summed E-state index contributed by atoms with van der Waals surface area (Å²) in [5.41, 5.74) is 1.28. The highest BCUT2D eigenvalue weighted by Gasteiger charge is 2.27. The lowest BCUT2D eigenvalue weighted by molar-refractivity contribution is 0.236. The van der Waals surface area contributed by atoms with Crippen molar-refractivity contribution in [3.63, 3.8) is 0 Å². The highest BCUT2D eigenvalue weighted by atomic mass is 16.5. The van der Waals surface area contributed by atoms with Crippen molar-refractivity contribution in [2.24, 2.45) is 5.92 Å². The molecular weight excluding hydrogens is 246 g/mol. The average Bonchev–Trinajstić information content (AvgIpc) is 2.85. The molecule has 0 spiro atoms. The summed E-state index contributed by atoms with van der Waals surface area (Å²) in [5, 5.41) is 3.83. The molecule has 1 aromatic rings. The Bertz CT molecular complexity index is 416. The monoisotopic (exact) mass is 275 g/mol. The SMILES string of the molecule is CCC1CCCC1NC(C)c1ccccc1OC(C)C. The number of rotatable bonds is 6. The van der Waals surface area contributed by atoms with Crippen molar-refractivity contribution in [3.05, 3.63) is 29.8 Å². The summed E-state index contributed by atoms with van der Waals surface area (Å²) in [4.78, 5) is 0. The fourth-order valence-electron chi connectivity index (χ4n) is 3.36. The molecule has 2 heteroatoms. The summed E-state index contributed by atoms with van der Waals surface area (Å²) >= 11 is 0. The molecule has 20 heavy (non-hydrogen) atoms. The predicted molar refractivity (Wildman–Crippen MR) is 85.2 cm³/mol. The third kappa shape index (κ3) is 3.76. The van der Waals surface area contributed by atoms with Crippen LogP contribution in [-0.4, -0.2) is 12.1 Å². The molecule has 1 saturated carbocycles. The van der Waals surface area contributed by atoms with Crippen LogP contribution in [0.15, 0.2) is 24.3 Å². The third-order valence-corrected chi connectivity index (χ3v) is 4.40. The van der Waals surface area contributed by atoms with Crippen LogP contribution in [0.25, 0.3) is 0 Å². The maximum Gasteiger partial charge on any atom is 0.124 e. The van der Waals surface area contributed by atoms with E-state index in [2.05, 4.69) is 57.3 Å². The largest absolute Gasteiger partial charge is 0.491 e. The van der Waals surface area contributed by atoms with Crippen molar-refractivity contribution in [1.29, 1.82) is 0 Å². The van der Waals surface area contributed by atoms with Gasteiger partial charge in [0.1, 0.15) is 5.75 Å². The normalized spacial score (nSPS) is 24.1. The number of nitrogens with one attached hydrogen (secondary N) is 1. The first kappa shape index (κ1) is 15.4. The number of hydrogen-bond acceptors (Lipinski definition) is 2. The number of benzene rings is 1. The second-order valence-electron chi connectivity index (χ2n) is 6.30. The molecule has 2 rings (SSSR count). The minimum absolute atomic E-state index is 0.221. The summed E-state index contributed by atoms with van der Waals surface area (Å²) in [6, 6.07) is 9.44. The van der Waals surface area contributed by atoms with E-state index in [-0.39, 0.29) is 6.10 Å². The van der Waals surface area contributed by atoms with Gasteiger partial charge >= 0.3 is 0 Å². The lowest BCUT2D eigenvalue weighted by Crippen LogP contribution is -2.34. The molecule has 1 N–H and O–H groups in total. The van der Waals surface area contributed by atoms with E-state index in [0.717, 1.165) is 11.7 Å². The lowest BCUT2D eigenvalue weighted by Gasteiger charge is -2.26. The van der Waals surface area contributed by atoms with Crippen molar-refractivity contribution >= 4 is 0 Å². The molecule has 0 radical (unpaired) electrons. The molecule has 0 aliphatic heterocycles. The fourth-order valence-corrected chi connectivity index (χ4v) is 3.36. The molecule has 0 amide bonds. The molecule has 3 unspecified atom stereocenters. The van der Waals surface area contributed by atoms with Gasteiger partial charge in [-0.1, -0.05) is 38.0 Å². The molecule has 0 heterocycles. The van der Waals surface area contributed by atoms with Gasteiger partial charge in [0, 0.05) is 17.6 Å². The number of hydrogen-bond donors (Lipinski definition) is 1. The zero-order valence-corrected chi connectivity index (χ0v) is 13.4. The minimum Gasteiger partial charge on any atom is -0.491 e. The number of para-hydroxylation sites is 1. The molecule has 1 aliphatic carbocycles. The summed E-state index contributed by atoms with van der Waals surface area (Å²) in [7, 11) is 0. The van der Waals surface area contributed by atoms with Crippen molar-refractivity contribution in [2.75, 3.05) is 0 Å². The van der Waals surface area contributed by atoms with Crippen molar-refractivity contribution in [1.82, 2.24) is 5.32 Å². The Morgan fingerprint density at radius 2 is 1.95 bits per heavy atom. The maximum atomic E-state index is 5.94. The van der Waals surface area contributed by atoms with Gasteiger partial charge in [-0.3, -0.25) is 0 Å². The van der Waals surface area contributed by atoms with Crippen LogP contribution in [-0.2, 0) is 0 Å². The molecule has 0 aromatic heterocycles. The zero-order valence-electron chi connectivity index (χ0n) is 13.4. The fraction of sp³-hybridized carbons (Fsp3) is 0.667. The van der Waals surface area contributed by atoms with E-state index in [9.17, 15) is 0 Å². The van der Waals surface area contributed by atoms with Gasteiger partial charge in [0.2, 0.25) is 0 Å². The van der Waals surface area contributed by atoms with Crippen LogP contribution in [0.3, 0.4) is 0 Å². The highest BCUT2D eigenvalue weighted by molar-refractivity contribution is 5.35. The molecule has 3 atom stereocenters. The van der Waals surface area contributed by atoms with E-state index >= 15 is 0 Å². The van der Waals surface area contributed by atoms with E-state index in [1.54, 1.807) is 0 Å². The Morgan fingerprint density at radius 3 is 2.65 bits per heavy atom. The van der Waals surface area contributed by atoms with Crippen molar-refractivity contribution < 1.29 is 4.74 Å². The highest BCUT2D eigenvalue weighted by Crippen LogP contribution is 2.32. The van der Waals surface area contributed by atoms with E-state index in [1.807, 2.05) is 0 Å². The average molecular weight is 275 g/mol. The quantitative estimate of drug-likeness (QED) is 0.812. The van der Waals surface area contributed by atoms with E-state index in [0.29, 0.717) is 12.1 Å². The molecule has 0 bridgehead atoms. The van der Waals surface area contributed by atoms with Gasteiger partial charge in [-0.2, -0.15) is 0 Å². The van der Waals surface area contributed by atoms with Crippen LogP contribution in [0.2, 0.25) is 0 Å². The van der Waals surface area contributed by atoms with Gasteiger partial charge in [0.05, 0.1) is 6.10 Å². The van der Waals surface area contributed by atoms with Gasteiger partial charge in [-0.25, -0.2) is 0 Å². The zero-order chi connectivity index (χ0) is 14.5. The predicted octanol–water partition coefficient (Wildman–Crippen LogP) is 4.70. The molecular formula is C18H29NO. The van der Waals surface area contributed by atoms with Crippen LogP contribution in [0.5, 0.6) is 5.75 Å². The lowest BCUT2D eigenvalue weighted by atomic mass is 9.98. The summed E-state index contributed by atoms with van der Waals surface area (Å²) in [6.45, 7) is 8.73. The van der Waals surface area contributed by atoms with Crippen LogP contribution in [0.1, 0.15) is 65.0 Å². The van der Waals surface area contributed by atoms with Gasteiger partial charge < -0.3 is 10.1 Å². The molecule has 112 valence electrons. The summed E-state index contributed by atoms with van der Waals surface area (Å²) in [5.74, 6) is 1.86. The van der Waals surface area contributed by atoms with Crippen LogP contribution in [0, 0.1) is 5.92 Å². The molecule has 1 aliphatic rings. The van der Waals surface area contributed by atoms with Gasteiger partial charge in [0.15, 0.2) is 0 Å². The van der Waals surface area contributed by atoms with Gasteiger partial charge in [-0.05, 0) is 45.6 Å².